The molecule has 42 heavy (non-hydrogen) atoms. The molecule has 0 unspecified atom stereocenters. The second-order valence-electron chi connectivity index (χ2n) is 10.7. The van der Waals surface area contributed by atoms with E-state index < -0.39 is 23.4 Å². The number of ether oxygens (including phenoxy) is 2. The largest absolute Gasteiger partial charge is 0.497 e. The third-order valence-corrected chi connectivity index (χ3v) is 9.10. The molecule has 0 amide bonds. The molecular weight excluding hydrogens is 550 g/mol. The molecule has 3 atom stereocenters. The van der Waals surface area contributed by atoms with Crippen LogP contribution in [0.4, 0.5) is 5.69 Å². The minimum Gasteiger partial charge on any atom is -0.497 e. The number of rotatable bonds is 5. The Morgan fingerprint density at radius 1 is 0.833 bits per heavy atom. The summed E-state index contributed by atoms with van der Waals surface area (Å²) in [5, 5.41) is 0.545. The number of fused-ring (bicyclic) bond motifs is 5. The molecule has 3 aliphatic rings. The Morgan fingerprint density at radius 3 is 2.19 bits per heavy atom. The number of halogens is 1. The number of ketones is 3. The van der Waals surface area contributed by atoms with Crippen molar-refractivity contribution in [1.82, 2.24) is 0 Å². The zero-order valence-electron chi connectivity index (χ0n) is 22.9. The maximum atomic E-state index is 14.8. The molecule has 0 saturated carbocycles. The Kier molecular flexibility index (Phi) is 6.06. The van der Waals surface area contributed by atoms with E-state index in [1.165, 1.54) is 0 Å². The lowest BCUT2D eigenvalue weighted by atomic mass is 9.64. The lowest BCUT2D eigenvalue weighted by Crippen LogP contribution is -2.48. The Morgan fingerprint density at radius 2 is 1.52 bits per heavy atom. The van der Waals surface area contributed by atoms with Gasteiger partial charge in [-0.05, 0) is 42.0 Å². The van der Waals surface area contributed by atoms with Gasteiger partial charge in [0.05, 0.1) is 20.3 Å². The van der Waals surface area contributed by atoms with Crippen molar-refractivity contribution in [2.75, 3.05) is 19.1 Å². The summed E-state index contributed by atoms with van der Waals surface area (Å²) in [7, 11) is 3.09. The molecule has 1 aliphatic carbocycles. The first-order valence-electron chi connectivity index (χ1n) is 13.7. The van der Waals surface area contributed by atoms with Crippen molar-refractivity contribution in [3.05, 3.63) is 130 Å². The molecular formula is C35H26ClNO5. The Bertz CT molecular complexity index is 1780. The molecule has 0 aromatic heterocycles. The first-order valence-corrected chi connectivity index (χ1v) is 14.1. The molecule has 2 heterocycles. The molecule has 4 aromatic carbocycles. The van der Waals surface area contributed by atoms with Crippen LogP contribution in [0.3, 0.4) is 0 Å². The molecule has 0 radical (unpaired) electrons. The van der Waals surface area contributed by atoms with Gasteiger partial charge in [-0.2, -0.15) is 0 Å². The van der Waals surface area contributed by atoms with E-state index in [0.29, 0.717) is 38.8 Å². The fourth-order valence-electron chi connectivity index (χ4n) is 7.15. The molecule has 1 fully saturated rings. The SMILES string of the molecule is COc1ccc(OC)c([C@@H]2[C@@H](C(=O)c3ccccc3)N3c4ccc(Cl)cc4C=C[C@@H]3C23C(=O)c2ccccc2C3=O)c1. The summed E-state index contributed by atoms with van der Waals surface area (Å²) in [6.07, 6.45) is 3.77. The van der Waals surface area contributed by atoms with Crippen LogP contribution in [0.25, 0.3) is 6.08 Å². The van der Waals surface area contributed by atoms with E-state index in [4.69, 9.17) is 21.1 Å². The van der Waals surface area contributed by atoms with E-state index in [2.05, 4.69) is 0 Å². The van der Waals surface area contributed by atoms with Crippen molar-refractivity contribution in [3.8, 4) is 11.5 Å². The summed E-state index contributed by atoms with van der Waals surface area (Å²) in [5.74, 6) is -0.756. The van der Waals surface area contributed by atoms with E-state index in [1.807, 2.05) is 47.4 Å². The molecule has 4 aromatic rings. The molecule has 0 bridgehead atoms. The van der Waals surface area contributed by atoms with Crippen LogP contribution >= 0.6 is 11.6 Å². The smallest absolute Gasteiger partial charge is 0.185 e. The van der Waals surface area contributed by atoms with Gasteiger partial charge in [-0.3, -0.25) is 14.4 Å². The van der Waals surface area contributed by atoms with Crippen LogP contribution in [0.5, 0.6) is 11.5 Å². The van der Waals surface area contributed by atoms with Gasteiger partial charge in [0, 0.05) is 38.9 Å². The number of nitrogens with zero attached hydrogens (tertiary/aromatic N) is 1. The zero-order chi connectivity index (χ0) is 29.2. The summed E-state index contributed by atoms with van der Waals surface area (Å²) in [5.41, 5.74) is 1.63. The summed E-state index contributed by atoms with van der Waals surface area (Å²) < 4.78 is 11.4. The highest BCUT2D eigenvalue weighted by molar-refractivity contribution is 6.33. The minimum absolute atomic E-state index is 0.208. The zero-order valence-corrected chi connectivity index (χ0v) is 23.7. The van der Waals surface area contributed by atoms with Crippen molar-refractivity contribution in [1.29, 1.82) is 0 Å². The Labute approximate surface area is 248 Å². The number of benzene rings is 4. The average Bonchev–Trinajstić information content (AvgIpc) is 3.46. The van der Waals surface area contributed by atoms with E-state index in [0.717, 1.165) is 11.3 Å². The summed E-state index contributed by atoms with van der Waals surface area (Å²) in [6.45, 7) is 0. The molecule has 7 rings (SSSR count). The van der Waals surface area contributed by atoms with Crippen molar-refractivity contribution in [2.24, 2.45) is 5.41 Å². The highest BCUT2D eigenvalue weighted by atomic mass is 35.5. The predicted octanol–water partition coefficient (Wildman–Crippen LogP) is 6.67. The van der Waals surface area contributed by atoms with Crippen molar-refractivity contribution < 1.29 is 23.9 Å². The topological polar surface area (TPSA) is 72.9 Å². The van der Waals surface area contributed by atoms with Gasteiger partial charge >= 0.3 is 0 Å². The van der Waals surface area contributed by atoms with Crippen molar-refractivity contribution >= 4 is 40.7 Å². The highest BCUT2D eigenvalue weighted by Crippen LogP contribution is 2.62. The van der Waals surface area contributed by atoms with Gasteiger partial charge in [0.2, 0.25) is 0 Å². The number of hydrogen-bond acceptors (Lipinski definition) is 6. The highest BCUT2D eigenvalue weighted by Gasteiger charge is 2.72. The molecule has 208 valence electrons. The van der Waals surface area contributed by atoms with Crippen LogP contribution in [0.15, 0.2) is 97.1 Å². The van der Waals surface area contributed by atoms with Crippen molar-refractivity contribution in [2.45, 2.75) is 18.0 Å². The van der Waals surface area contributed by atoms with E-state index in [9.17, 15) is 14.4 Å². The maximum Gasteiger partial charge on any atom is 0.185 e. The van der Waals surface area contributed by atoms with E-state index in [-0.39, 0.29) is 17.3 Å². The first kappa shape index (κ1) is 26.2. The Balaban J connectivity index is 1.59. The lowest BCUT2D eigenvalue weighted by molar-refractivity contribution is 0.0664. The third-order valence-electron chi connectivity index (χ3n) is 8.86. The number of hydrogen-bond donors (Lipinski definition) is 0. The van der Waals surface area contributed by atoms with Gasteiger partial charge < -0.3 is 14.4 Å². The fourth-order valence-corrected chi connectivity index (χ4v) is 7.33. The molecule has 1 saturated heterocycles. The van der Waals surface area contributed by atoms with Crippen LogP contribution < -0.4 is 14.4 Å². The van der Waals surface area contributed by atoms with Crippen LogP contribution in [-0.2, 0) is 0 Å². The van der Waals surface area contributed by atoms with Gasteiger partial charge in [-0.1, -0.05) is 78.4 Å². The van der Waals surface area contributed by atoms with Crippen LogP contribution in [-0.4, -0.2) is 43.7 Å². The summed E-state index contributed by atoms with van der Waals surface area (Å²) in [4.78, 5) is 46.3. The summed E-state index contributed by atoms with van der Waals surface area (Å²) >= 11 is 6.38. The molecule has 2 aliphatic heterocycles. The maximum absolute atomic E-state index is 14.8. The van der Waals surface area contributed by atoms with E-state index in [1.54, 1.807) is 74.9 Å². The second-order valence-corrected chi connectivity index (χ2v) is 11.2. The normalized spacial score (nSPS) is 21.2. The molecule has 7 heteroatoms. The average molecular weight is 576 g/mol. The van der Waals surface area contributed by atoms with Gasteiger partial charge in [0.15, 0.2) is 17.3 Å². The van der Waals surface area contributed by atoms with Gasteiger partial charge in [0.25, 0.3) is 0 Å². The van der Waals surface area contributed by atoms with E-state index >= 15 is 0 Å². The number of carbonyl (C=O) groups excluding carboxylic acids is 3. The minimum atomic E-state index is -1.65. The lowest BCUT2D eigenvalue weighted by Gasteiger charge is -2.37. The molecule has 0 N–H and O–H groups in total. The van der Waals surface area contributed by atoms with Crippen LogP contribution in [0.1, 0.15) is 48.1 Å². The standard InChI is InChI=1S/C35H26ClNO5/c1-41-23-14-16-28(42-2)26(19-23)30-31(32(38)20-8-4-3-5-9-20)37-27-15-13-22(36)18-21(27)12-17-29(37)35(30)33(39)24-10-6-7-11-25(24)34(35)40/h3-19,29-31H,1-2H3/t29-,30-,31+/m1/s1. The monoisotopic (exact) mass is 575 g/mol. The third kappa shape index (κ3) is 3.48. The molecule has 6 nitrogen and oxygen atoms in total. The Hall–Kier alpha value is -4.68. The predicted molar refractivity (Wildman–Crippen MR) is 161 cm³/mol. The second kappa shape index (κ2) is 9.71. The number of methoxy groups -OCH3 is 2. The number of carbonyl (C=O) groups is 3. The van der Waals surface area contributed by atoms with Gasteiger partial charge in [-0.25, -0.2) is 0 Å². The van der Waals surface area contributed by atoms with Gasteiger partial charge in [0.1, 0.15) is 23.0 Å². The van der Waals surface area contributed by atoms with Crippen LogP contribution in [0.2, 0.25) is 5.02 Å². The van der Waals surface area contributed by atoms with Gasteiger partial charge in [-0.15, -0.1) is 0 Å². The number of anilines is 1. The molecule has 1 spiro atoms. The van der Waals surface area contributed by atoms with Crippen LogP contribution in [0, 0.1) is 5.41 Å². The van der Waals surface area contributed by atoms with Crippen molar-refractivity contribution in [3.63, 3.8) is 0 Å². The quantitative estimate of drug-likeness (QED) is 0.195. The summed E-state index contributed by atoms with van der Waals surface area (Å²) in [6, 6.07) is 25.0. The fraction of sp³-hybridized carbons (Fsp3) is 0.171. The number of Topliss-reactive ketones (excluding diaryl/α,β-unsaturated/α-hetero) is 3. The first-order chi connectivity index (χ1) is 20.4.